The number of nitrogens with zero attached hydrogens (tertiary/aromatic N) is 1. The van der Waals surface area contributed by atoms with Crippen LogP contribution in [0, 0.1) is 23.7 Å². The third-order valence-corrected chi connectivity index (χ3v) is 8.16. The van der Waals surface area contributed by atoms with Gasteiger partial charge in [-0.1, -0.05) is 45.0 Å². The lowest BCUT2D eigenvalue weighted by Gasteiger charge is -2.45. The summed E-state index contributed by atoms with van der Waals surface area (Å²) in [5.41, 5.74) is -3.50. The molecule has 1 saturated heterocycles. The molecule has 2 aliphatic heterocycles. The third kappa shape index (κ3) is 6.93. The molecule has 1 fully saturated rings. The van der Waals surface area contributed by atoms with E-state index in [0.29, 0.717) is 0 Å². The van der Waals surface area contributed by atoms with Gasteiger partial charge in [-0.25, -0.2) is 0 Å². The number of esters is 1. The Labute approximate surface area is 225 Å². The van der Waals surface area contributed by atoms with Crippen molar-refractivity contribution in [3.63, 3.8) is 0 Å². The minimum Gasteiger partial charge on any atom is -0.459 e. The fourth-order valence-electron chi connectivity index (χ4n) is 5.77. The highest BCUT2D eigenvalue weighted by atomic mass is 16.7. The molecule has 38 heavy (non-hydrogen) atoms. The Kier molecular flexibility index (Phi) is 10.9. The van der Waals surface area contributed by atoms with Gasteiger partial charge >= 0.3 is 5.97 Å². The SMILES string of the molecule is CC[C@H]1OC(=O)[C@H](C)[C@@H](O)[C@H](C)[C@@H](O[C@@H]2O[C@H](C)C=C[C@H]2O)[C@](C)(O)C[C@@H](C)/C(=N\O)[C@H](C)[C@@H](O)[C@]1(C)O. The molecule has 0 bridgehead atoms. The fourth-order valence-corrected chi connectivity index (χ4v) is 5.77. The van der Waals surface area contributed by atoms with Crippen LogP contribution in [0.5, 0.6) is 0 Å². The first-order valence-electron chi connectivity index (χ1n) is 13.4. The molecule has 2 aliphatic rings. The lowest BCUT2D eigenvalue weighted by molar-refractivity contribution is -0.268. The summed E-state index contributed by atoms with van der Waals surface area (Å²) in [5, 5.41) is 69.1. The number of aliphatic hydroxyl groups excluding tert-OH is 3. The quantitative estimate of drug-likeness (QED) is 0.131. The van der Waals surface area contributed by atoms with E-state index in [0.717, 1.165) is 0 Å². The largest absolute Gasteiger partial charge is 0.459 e. The third-order valence-electron chi connectivity index (χ3n) is 8.16. The molecular weight excluding hydrogens is 498 g/mol. The van der Waals surface area contributed by atoms with Crippen molar-refractivity contribution in [3.8, 4) is 0 Å². The van der Waals surface area contributed by atoms with Crippen LogP contribution in [0.15, 0.2) is 17.3 Å². The zero-order valence-corrected chi connectivity index (χ0v) is 23.7. The molecule has 2 heterocycles. The van der Waals surface area contributed by atoms with Gasteiger partial charge in [0.05, 0.1) is 41.6 Å². The van der Waals surface area contributed by atoms with Gasteiger partial charge in [-0.3, -0.25) is 4.79 Å². The molecule has 11 heteroatoms. The molecule has 0 aromatic carbocycles. The Bertz CT molecular complexity index is 859. The molecule has 0 aromatic heterocycles. The molecule has 220 valence electrons. The highest BCUT2D eigenvalue weighted by Gasteiger charge is 2.50. The monoisotopic (exact) mass is 545 g/mol. The van der Waals surface area contributed by atoms with Crippen LogP contribution in [0.25, 0.3) is 0 Å². The lowest BCUT2D eigenvalue weighted by Crippen LogP contribution is -2.58. The second kappa shape index (κ2) is 12.7. The van der Waals surface area contributed by atoms with Crippen molar-refractivity contribution in [2.24, 2.45) is 28.8 Å². The maximum Gasteiger partial charge on any atom is 0.311 e. The summed E-state index contributed by atoms with van der Waals surface area (Å²) in [6.45, 7) is 12.6. The van der Waals surface area contributed by atoms with E-state index in [-0.39, 0.29) is 24.7 Å². The number of oxime groups is 1. The van der Waals surface area contributed by atoms with Crippen LogP contribution in [0.2, 0.25) is 0 Å². The van der Waals surface area contributed by atoms with Crippen molar-refractivity contribution in [1.29, 1.82) is 0 Å². The van der Waals surface area contributed by atoms with Gasteiger partial charge in [-0.2, -0.15) is 0 Å². The normalized spacial score (nSPS) is 48.9. The van der Waals surface area contributed by atoms with Crippen molar-refractivity contribution in [2.45, 2.75) is 122 Å². The first kappa shape index (κ1) is 32.6. The second-order valence-electron chi connectivity index (χ2n) is 11.6. The summed E-state index contributed by atoms with van der Waals surface area (Å²) in [7, 11) is 0. The molecule has 2 rings (SSSR count). The van der Waals surface area contributed by atoms with Crippen LogP contribution in [0.4, 0.5) is 0 Å². The molecule has 0 unspecified atom stereocenters. The minimum atomic E-state index is -1.91. The van der Waals surface area contributed by atoms with Crippen LogP contribution in [0.1, 0.15) is 68.2 Å². The molecule has 6 N–H and O–H groups in total. The van der Waals surface area contributed by atoms with E-state index in [1.807, 2.05) is 0 Å². The van der Waals surface area contributed by atoms with E-state index in [2.05, 4.69) is 5.16 Å². The lowest BCUT2D eigenvalue weighted by atomic mass is 9.73. The highest BCUT2D eigenvalue weighted by Crippen LogP contribution is 2.37. The van der Waals surface area contributed by atoms with Gasteiger partial charge in [0, 0.05) is 17.8 Å². The van der Waals surface area contributed by atoms with Crippen molar-refractivity contribution in [1.82, 2.24) is 0 Å². The summed E-state index contributed by atoms with van der Waals surface area (Å²) in [5.74, 6) is -4.26. The molecular formula is C27H47NO10. The number of ether oxygens (including phenoxy) is 3. The van der Waals surface area contributed by atoms with E-state index in [4.69, 9.17) is 14.2 Å². The number of aliphatic hydroxyl groups is 5. The number of hydrogen-bond donors (Lipinski definition) is 6. The van der Waals surface area contributed by atoms with Crippen molar-refractivity contribution in [2.75, 3.05) is 0 Å². The molecule has 0 amide bonds. The molecule has 0 aliphatic carbocycles. The maximum absolute atomic E-state index is 13.1. The van der Waals surface area contributed by atoms with Gasteiger partial charge in [0.25, 0.3) is 0 Å². The van der Waals surface area contributed by atoms with Crippen LogP contribution >= 0.6 is 0 Å². The summed E-state index contributed by atoms with van der Waals surface area (Å²) in [6, 6.07) is 0. The molecule has 0 radical (unpaired) electrons. The smallest absolute Gasteiger partial charge is 0.311 e. The minimum absolute atomic E-state index is 0.0441. The number of carbonyl (C=O) groups is 1. The predicted molar refractivity (Wildman–Crippen MR) is 138 cm³/mol. The van der Waals surface area contributed by atoms with Gasteiger partial charge in [-0.05, 0) is 40.5 Å². The van der Waals surface area contributed by atoms with E-state index >= 15 is 0 Å². The van der Waals surface area contributed by atoms with Crippen molar-refractivity contribution < 1.29 is 49.7 Å². The fraction of sp³-hybridized carbons (Fsp3) is 0.852. The van der Waals surface area contributed by atoms with E-state index in [1.54, 1.807) is 40.7 Å². The van der Waals surface area contributed by atoms with Crippen LogP contribution in [0.3, 0.4) is 0 Å². The predicted octanol–water partition coefficient (Wildman–Crippen LogP) is 1.36. The Hall–Kier alpha value is -1.60. The van der Waals surface area contributed by atoms with Crippen LogP contribution in [-0.4, -0.2) is 96.5 Å². The zero-order chi connectivity index (χ0) is 29.2. The van der Waals surface area contributed by atoms with Crippen molar-refractivity contribution in [3.05, 3.63) is 12.2 Å². The van der Waals surface area contributed by atoms with Gasteiger partial charge in [-0.15, -0.1) is 0 Å². The molecule has 0 saturated carbocycles. The number of carbonyl (C=O) groups excluding carboxylic acids is 1. The van der Waals surface area contributed by atoms with Crippen molar-refractivity contribution >= 4 is 11.7 Å². The summed E-state index contributed by atoms with van der Waals surface area (Å²) < 4.78 is 17.4. The van der Waals surface area contributed by atoms with Crippen LogP contribution in [-0.2, 0) is 19.0 Å². The average Bonchev–Trinajstić information content (AvgIpc) is 2.84. The Morgan fingerprint density at radius 3 is 2.21 bits per heavy atom. The second-order valence-corrected chi connectivity index (χ2v) is 11.6. The van der Waals surface area contributed by atoms with E-state index in [1.165, 1.54) is 26.8 Å². The average molecular weight is 546 g/mol. The number of cyclic esters (lactones) is 1. The van der Waals surface area contributed by atoms with Crippen LogP contribution < -0.4 is 0 Å². The Balaban J connectivity index is 2.58. The number of rotatable bonds is 3. The Morgan fingerprint density at radius 2 is 1.66 bits per heavy atom. The first-order chi connectivity index (χ1) is 17.5. The highest BCUT2D eigenvalue weighted by molar-refractivity contribution is 5.88. The Morgan fingerprint density at radius 1 is 1.05 bits per heavy atom. The van der Waals surface area contributed by atoms with Gasteiger partial charge in [0.1, 0.15) is 17.8 Å². The first-order valence-corrected chi connectivity index (χ1v) is 13.4. The maximum atomic E-state index is 13.1. The van der Waals surface area contributed by atoms with E-state index in [9.17, 15) is 35.5 Å². The summed E-state index contributed by atoms with van der Waals surface area (Å²) in [6.07, 6.45) is -4.44. The van der Waals surface area contributed by atoms with Gasteiger partial charge in [0.2, 0.25) is 0 Å². The van der Waals surface area contributed by atoms with E-state index < -0.39 is 77.7 Å². The summed E-state index contributed by atoms with van der Waals surface area (Å²) in [4.78, 5) is 13.1. The zero-order valence-electron chi connectivity index (χ0n) is 23.7. The molecule has 13 atom stereocenters. The molecule has 11 nitrogen and oxygen atoms in total. The topological polar surface area (TPSA) is 178 Å². The van der Waals surface area contributed by atoms with Gasteiger partial charge < -0.3 is 45.0 Å². The molecule has 0 spiro atoms. The number of hydrogen-bond acceptors (Lipinski definition) is 11. The standard InChI is InChI=1S/C27H47NO10/c1-9-19-27(8,34)22(31)15(4)20(28-35)13(2)12-26(7,33)23(16(5)21(30)17(6)24(32)37-19)38-25-18(29)11-10-14(3)36-25/h10-11,13-19,21-23,25,29-31,33-35H,9,12H2,1-8H3/b28-20+/t13-,14-,15+,16+,17-,18-,19-,21+,22-,23-,25+,26-,27-/m1/s1. The van der Waals surface area contributed by atoms with Gasteiger partial charge in [0.15, 0.2) is 6.29 Å². The molecule has 0 aromatic rings. The summed E-state index contributed by atoms with van der Waals surface area (Å²) >= 11 is 0.